The van der Waals surface area contributed by atoms with Crippen molar-refractivity contribution < 1.29 is 0 Å². The molecule has 2 aromatic carbocycles. The summed E-state index contributed by atoms with van der Waals surface area (Å²) < 4.78 is 0. The molecule has 0 saturated carbocycles. The molecule has 0 spiro atoms. The molecule has 0 unspecified atom stereocenters. The molecule has 0 aliphatic carbocycles. The molecular weight excluding hydrogens is 265 g/mol. The van der Waals surface area contributed by atoms with E-state index < -0.39 is 0 Å². The van der Waals surface area contributed by atoms with Crippen LogP contribution >= 0.6 is 23.2 Å². The highest BCUT2D eigenvalue weighted by Crippen LogP contribution is 2.32. The van der Waals surface area contributed by atoms with Gasteiger partial charge in [-0.15, -0.1) is 0 Å². The van der Waals surface area contributed by atoms with E-state index >= 15 is 0 Å². The van der Waals surface area contributed by atoms with Crippen LogP contribution in [0.25, 0.3) is 11.1 Å². The number of nitriles is 1. The number of hydrogen-bond acceptors (Lipinski definition) is 1. The van der Waals surface area contributed by atoms with Gasteiger partial charge in [-0.05, 0) is 35.7 Å². The molecule has 0 aromatic heterocycles. The van der Waals surface area contributed by atoms with Crippen molar-refractivity contribution in [1.82, 2.24) is 0 Å². The molecule has 2 aromatic rings. The predicted molar refractivity (Wildman–Crippen MR) is 76.0 cm³/mol. The quantitative estimate of drug-likeness (QED) is 0.754. The van der Waals surface area contributed by atoms with E-state index in [0.717, 1.165) is 22.3 Å². The van der Waals surface area contributed by atoms with E-state index in [9.17, 15) is 0 Å². The smallest absolute Gasteiger partial charge is 0.0669 e. The van der Waals surface area contributed by atoms with Crippen LogP contribution in [0.3, 0.4) is 0 Å². The van der Waals surface area contributed by atoms with Crippen LogP contribution in [0.15, 0.2) is 36.4 Å². The van der Waals surface area contributed by atoms with Gasteiger partial charge in [0.25, 0.3) is 0 Å². The second-order valence-electron chi connectivity index (χ2n) is 4.11. The molecule has 1 nitrogen and oxygen atoms in total. The first-order chi connectivity index (χ1) is 8.61. The van der Waals surface area contributed by atoms with Crippen LogP contribution in [0.2, 0.25) is 10.0 Å². The minimum absolute atomic E-state index is 0.426. The largest absolute Gasteiger partial charge is 0.198 e. The lowest BCUT2D eigenvalue weighted by molar-refractivity contribution is 1.25. The Bertz CT molecular complexity index is 627. The van der Waals surface area contributed by atoms with E-state index in [0.29, 0.717) is 16.5 Å². The van der Waals surface area contributed by atoms with Gasteiger partial charge in [0.15, 0.2) is 0 Å². The first-order valence-electron chi connectivity index (χ1n) is 5.53. The van der Waals surface area contributed by atoms with Crippen molar-refractivity contribution in [2.45, 2.75) is 13.3 Å². The normalized spacial score (nSPS) is 10.1. The van der Waals surface area contributed by atoms with Crippen molar-refractivity contribution in [1.29, 1.82) is 5.26 Å². The Kier molecular flexibility index (Phi) is 3.91. The van der Waals surface area contributed by atoms with E-state index in [1.54, 1.807) is 6.07 Å². The molecule has 0 heterocycles. The standard InChI is InChI=1S/C15H11Cl2N/c1-10-8-11(6-7-18)2-4-13(10)14-5-3-12(16)9-15(14)17/h2-5,8-9H,6H2,1H3. The van der Waals surface area contributed by atoms with Crippen LogP contribution in [-0.4, -0.2) is 0 Å². The number of aryl methyl sites for hydroxylation is 1. The third-order valence-electron chi connectivity index (χ3n) is 2.80. The molecule has 0 N–H and O–H groups in total. The molecule has 0 bridgehead atoms. The molecule has 0 aliphatic heterocycles. The third-order valence-corrected chi connectivity index (χ3v) is 3.34. The Morgan fingerprint density at radius 2 is 1.78 bits per heavy atom. The van der Waals surface area contributed by atoms with Crippen LogP contribution in [0.1, 0.15) is 11.1 Å². The SMILES string of the molecule is Cc1cc(CC#N)ccc1-c1ccc(Cl)cc1Cl. The maximum Gasteiger partial charge on any atom is 0.0669 e. The summed E-state index contributed by atoms with van der Waals surface area (Å²) in [5.74, 6) is 0. The Balaban J connectivity index is 2.48. The predicted octanol–water partition coefficient (Wildman–Crippen LogP) is 5.03. The fourth-order valence-electron chi connectivity index (χ4n) is 1.94. The zero-order chi connectivity index (χ0) is 13.1. The second kappa shape index (κ2) is 5.44. The average Bonchev–Trinajstić information content (AvgIpc) is 2.31. The first kappa shape index (κ1) is 13.0. The number of hydrogen-bond donors (Lipinski definition) is 0. The summed E-state index contributed by atoms with van der Waals surface area (Å²) >= 11 is 12.1. The Morgan fingerprint density at radius 3 is 2.39 bits per heavy atom. The van der Waals surface area contributed by atoms with Gasteiger partial charge in [-0.1, -0.05) is 47.5 Å². The van der Waals surface area contributed by atoms with Crippen molar-refractivity contribution in [3.63, 3.8) is 0 Å². The molecule has 90 valence electrons. The van der Waals surface area contributed by atoms with E-state index in [1.807, 2.05) is 37.3 Å². The fraction of sp³-hybridized carbons (Fsp3) is 0.133. The summed E-state index contributed by atoms with van der Waals surface area (Å²) in [6, 6.07) is 13.6. The van der Waals surface area contributed by atoms with E-state index in [1.165, 1.54) is 0 Å². The van der Waals surface area contributed by atoms with E-state index in [-0.39, 0.29) is 0 Å². The summed E-state index contributed by atoms with van der Waals surface area (Å²) in [4.78, 5) is 0. The minimum Gasteiger partial charge on any atom is -0.198 e. The average molecular weight is 276 g/mol. The summed E-state index contributed by atoms with van der Waals surface area (Å²) in [7, 11) is 0. The molecule has 0 radical (unpaired) electrons. The highest BCUT2D eigenvalue weighted by molar-refractivity contribution is 6.36. The molecule has 3 heteroatoms. The Morgan fingerprint density at radius 1 is 1.06 bits per heavy atom. The zero-order valence-corrected chi connectivity index (χ0v) is 11.4. The lowest BCUT2D eigenvalue weighted by Gasteiger charge is -2.09. The van der Waals surface area contributed by atoms with Gasteiger partial charge >= 0.3 is 0 Å². The summed E-state index contributed by atoms with van der Waals surface area (Å²) in [5.41, 5.74) is 4.15. The molecule has 0 saturated heterocycles. The van der Waals surface area contributed by atoms with Gasteiger partial charge < -0.3 is 0 Å². The lowest BCUT2D eigenvalue weighted by atomic mass is 9.97. The number of nitrogens with zero attached hydrogens (tertiary/aromatic N) is 1. The zero-order valence-electron chi connectivity index (χ0n) is 9.87. The second-order valence-corrected chi connectivity index (χ2v) is 4.95. The Hall–Kier alpha value is -1.49. The van der Waals surface area contributed by atoms with Crippen molar-refractivity contribution in [3.05, 3.63) is 57.6 Å². The molecule has 2 rings (SSSR count). The van der Waals surface area contributed by atoms with Gasteiger partial charge in [-0.2, -0.15) is 5.26 Å². The fourth-order valence-corrected chi connectivity index (χ4v) is 2.45. The maximum absolute atomic E-state index is 8.69. The molecule has 18 heavy (non-hydrogen) atoms. The molecule has 0 atom stereocenters. The van der Waals surface area contributed by atoms with Gasteiger partial charge in [0.1, 0.15) is 0 Å². The van der Waals surface area contributed by atoms with E-state index in [2.05, 4.69) is 6.07 Å². The van der Waals surface area contributed by atoms with Crippen molar-refractivity contribution in [3.8, 4) is 17.2 Å². The van der Waals surface area contributed by atoms with Gasteiger partial charge in [0, 0.05) is 15.6 Å². The van der Waals surface area contributed by atoms with Crippen molar-refractivity contribution in [2.75, 3.05) is 0 Å². The number of halogens is 2. The van der Waals surface area contributed by atoms with Crippen LogP contribution in [0.4, 0.5) is 0 Å². The minimum atomic E-state index is 0.426. The molecular formula is C15H11Cl2N. The summed E-state index contributed by atoms with van der Waals surface area (Å²) in [6.45, 7) is 2.02. The monoisotopic (exact) mass is 275 g/mol. The van der Waals surface area contributed by atoms with E-state index in [4.69, 9.17) is 28.5 Å². The Labute approximate surface area is 117 Å². The van der Waals surface area contributed by atoms with Crippen LogP contribution in [0.5, 0.6) is 0 Å². The van der Waals surface area contributed by atoms with Gasteiger partial charge in [-0.25, -0.2) is 0 Å². The van der Waals surface area contributed by atoms with Crippen molar-refractivity contribution >= 4 is 23.2 Å². The number of benzene rings is 2. The molecule has 0 aliphatic rings. The number of rotatable bonds is 2. The molecule has 0 amide bonds. The van der Waals surface area contributed by atoms with Crippen molar-refractivity contribution in [2.24, 2.45) is 0 Å². The lowest BCUT2D eigenvalue weighted by Crippen LogP contribution is -1.88. The van der Waals surface area contributed by atoms with Gasteiger partial charge in [-0.3, -0.25) is 0 Å². The third kappa shape index (κ3) is 2.67. The highest BCUT2D eigenvalue weighted by Gasteiger charge is 2.07. The first-order valence-corrected chi connectivity index (χ1v) is 6.29. The van der Waals surface area contributed by atoms with Crippen LogP contribution in [-0.2, 0) is 6.42 Å². The maximum atomic E-state index is 8.69. The van der Waals surface area contributed by atoms with Gasteiger partial charge in [0.2, 0.25) is 0 Å². The highest BCUT2D eigenvalue weighted by atomic mass is 35.5. The van der Waals surface area contributed by atoms with Crippen LogP contribution < -0.4 is 0 Å². The summed E-state index contributed by atoms with van der Waals surface area (Å²) in [5, 5.41) is 9.95. The van der Waals surface area contributed by atoms with Crippen LogP contribution in [0, 0.1) is 18.3 Å². The molecule has 0 fully saturated rings. The topological polar surface area (TPSA) is 23.8 Å². The van der Waals surface area contributed by atoms with Gasteiger partial charge in [0.05, 0.1) is 12.5 Å². The summed E-state index contributed by atoms with van der Waals surface area (Å²) in [6.07, 6.45) is 0.426.